The van der Waals surface area contributed by atoms with Gasteiger partial charge in [-0.3, -0.25) is 9.79 Å². The number of amides is 1. The van der Waals surface area contributed by atoms with Gasteiger partial charge in [0.2, 0.25) is 16.8 Å². The number of amidine groups is 1. The van der Waals surface area contributed by atoms with Gasteiger partial charge in [-0.25, -0.2) is 26.9 Å². The van der Waals surface area contributed by atoms with Crippen molar-refractivity contribution < 1.29 is 27.5 Å². The van der Waals surface area contributed by atoms with Gasteiger partial charge in [0.05, 0.1) is 29.9 Å². The van der Waals surface area contributed by atoms with Crippen LogP contribution in [-0.4, -0.2) is 49.3 Å². The number of nitrogens with one attached hydrogen (secondary N) is 2. The molecule has 0 saturated carbocycles. The molecule has 0 bridgehead atoms. The summed E-state index contributed by atoms with van der Waals surface area (Å²) < 4.78 is 38.4. The van der Waals surface area contributed by atoms with Gasteiger partial charge in [0.25, 0.3) is 0 Å². The number of carbonyl (C=O) groups is 2. The molecule has 0 fully saturated rings. The Morgan fingerprint density at radius 2 is 2.18 bits per heavy atom. The first-order chi connectivity index (χ1) is 13.4. The fraction of sp³-hybridized carbons (Fsp3) is 0.200. The molecule has 2 aromatic rings. The topological polar surface area (TPSA) is 141 Å². The number of nitrogens with zero attached hydrogens (tertiary/aromatic N) is 3. The number of aliphatic imine (C=N–C) groups is 1. The number of anilines is 3. The van der Waals surface area contributed by atoms with Crippen molar-refractivity contribution in [2.24, 2.45) is 4.99 Å². The lowest BCUT2D eigenvalue weighted by Crippen LogP contribution is -2.25. The van der Waals surface area contributed by atoms with Crippen molar-refractivity contribution >= 4 is 56.3 Å². The van der Waals surface area contributed by atoms with Gasteiger partial charge in [-0.1, -0.05) is 0 Å². The van der Waals surface area contributed by atoms with E-state index in [0.717, 1.165) is 17.4 Å². The lowest BCUT2D eigenvalue weighted by atomic mass is 10.2. The Morgan fingerprint density at radius 1 is 1.39 bits per heavy atom. The molecule has 1 amide bonds. The summed E-state index contributed by atoms with van der Waals surface area (Å²) in [5.41, 5.74) is 0.443. The quantitative estimate of drug-likeness (QED) is 0.483. The molecule has 148 valence electrons. The Morgan fingerprint density at radius 3 is 2.79 bits per heavy atom. The van der Waals surface area contributed by atoms with E-state index in [4.69, 9.17) is 5.11 Å². The normalized spacial score (nSPS) is 13.1. The van der Waals surface area contributed by atoms with Crippen LogP contribution >= 0.6 is 11.3 Å². The standard InChI is InChI=1S/C15H14FN5O5S2/c16-9-5-8(21(28(25)26)14-13(15(23)24)19-7-27-14)1-2-10(9)20-12(22)6-11-17-3-4-18-11/h1-2,5,7,28H,3-4,6H2,(H,17,18)(H,20,22)(H,23,24). The highest BCUT2D eigenvalue weighted by molar-refractivity contribution is 7.74. The number of aromatic nitrogens is 1. The van der Waals surface area contributed by atoms with Crippen LogP contribution in [0.3, 0.4) is 0 Å². The van der Waals surface area contributed by atoms with Crippen LogP contribution in [-0.2, 0) is 15.7 Å². The van der Waals surface area contributed by atoms with Crippen LogP contribution in [0.5, 0.6) is 0 Å². The third-order valence-electron chi connectivity index (χ3n) is 3.65. The Balaban J connectivity index is 1.84. The van der Waals surface area contributed by atoms with Crippen molar-refractivity contribution in [3.05, 3.63) is 35.2 Å². The molecule has 0 unspecified atom stereocenters. The molecule has 1 aromatic heterocycles. The van der Waals surface area contributed by atoms with Crippen LogP contribution in [0.1, 0.15) is 16.9 Å². The number of aromatic carboxylic acids is 1. The molecule has 2 heterocycles. The largest absolute Gasteiger partial charge is 0.476 e. The minimum atomic E-state index is -3.32. The molecule has 0 spiro atoms. The molecule has 0 saturated heterocycles. The van der Waals surface area contributed by atoms with Crippen LogP contribution in [0.4, 0.5) is 20.8 Å². The molecular weight excluding hydrogens is 413 g/mol. The first kappa shape index (κ1) is 19.7. The summed E-state index contributed by atoms with van der Waals surface area (Å²) in [5, 5.41) is 14.3. The summed E-state index contributed by atoms with van der Waals surface area (Å²) in [6.07, 6.45) is -0.0391. The third kappa shape index (κ3) is 4.26. The SMILES string of the molecule is O=C(CC1=NCCN1)Nc1ccc(N(c2scnc2C(=O)O)[SH](=O)=O)cc1F. The number of carbonyl (C=O) groups excluding carboxylic acids is 1. The Hall–Kier alpha value is -3.06. The van der Waals surface area contributed by atoms with Gasteiger partial charge in [0.15, 0.2) is 5.69 Å². The number of benzene rings is 1. The minimum absolute atomic E-state index is 0.0391. The highest BCUT2D eigenvalue weighted by atomic mass is 32.2. The van der Waals surface area contributed by atoms with E-state index in [0.29, 0.717) is 23.2 Å². The molecule has 0 aliphatic carbocycles. The van der Waals surface area contributed by atoms with Crippen LogP contribution in [0.2, 0.25) is 0 Å². The molecule has 3 rings (SSSR count). The van der Waals surface area contributed by atoms with E-state index in [9.17, 15) is 22.4 Å². The Bertz CT molecular complexity index is 1030. The highest BCUT2D eigenvalue weighted by Gasteiger charge is 2.24. The maximum Gasteiger partial charge on any atom is 0.357 e. The van der Waals surface area contributed by atoms with E-state index in [-0.39, 0.29) is 22.8 Å². The summed E-state index contributed by atoms with van der Waals surface area (Å²) in [6.45, 7) is 1.22. The second-order valence-electron chi connectivity index (χ2n) is 5.51. The zero-order valence-corrected chi connectivity index (χ0v) is 15.8. The monoisotopic (exact) mass is 427 g/mol. The van der Waals surface area contributed by atoms with Gasteiger partial charge in [-0.15, -0.1) is 11.3 Å². The minimum Gasteiger partial charge on any atom is -0.476 e. The van der Waals surface area contributed by atoms with Gasteiger partial charge in [0, 0.05) is 12.6 Å². The molecular formula is C15H14FN5O5S2. The summed E-state index contributed by atoms with van der Waals surface area (Å²) >= 11 is 0.785. The van der Waals surface area contributed by atoms with E-state index >= 15 is 0 Å². The average molecular weight is 427 g/mol. The molecule has 28 heavy (non-hydrogen) atoms. The van der Waals surface area contributed by atoms with Gasteiger partial charge in [-0.2, -0.15) is 0 Å². The molecule has 1 aromatic carbocycles. The first-order valence-electron chi connectivity index (χ1n) is 7.84. The predicted octanol–water partition coefficient (Wildman–Crippen LogP) is 0.975. The Kier molecular flexibility index (Phi) is 5.84. The zero-order valence-electron chi connectivity index (χ0n) is 14.1. The molecule has 3 N–H and O–H groups in total. The van der Waals surface area contributed by atoms with Crippen LogP contribution in [0.25, 0.3) is 0 Å². The number of rotatable bonds is 7. The number of carboxylic acid groups (broad SMARTS) is 1. The smallest absolute Gasteiger partial charge is 0.357 e. The molecule has 0 atom stereocenters. The lowest BCUT2D eigenvalue weighted by molar-refractivity contribution is -0.115. The maximum absolute atomic E-state index is 14.4. The van der Waals surface area contributed by atoms with E-state index in [2.05, 4.69) is 20.6 Å². The fourth-order valence-electron chi connectivity index (χ4n) is 2.47. The van der Waals surface area contributed by atoms with Crippen LogP contribution < -0.4 is 14.9 Å². The molecule has 1 aliphatic rings. The molecule has 1 aliphatic heterocycles. The zero-order chi connectivity index (χ0) is 20.3. The van der Waals surface area contributed by atoms with Gasteiger partial charge in [0.1, 0.15) is 16.7 Å². The van der Waals surface area contributed by atoms with Gasteiger partial charge >= 0.3 is 5.97 Å². The summed E-state index contributed by atoms with van der Waals surface area (Å²) in [7, 11) is -3.32. The van der Waals surface area contributed by atoms with E-state index in [1.54, 1.807) is 0 Å². The van der Waals surface area contributed by atoms with Crippen molar-refractivity contribution in [1.82, 2.24) is 10.3 Å². The summed E-state index contributed by atoms with van der Waals surface area (Å²) in [5.74, 6) is -2.26. The number of thiol groups is 1. The third-order valence-corrected chi connectivity index (χ3v) is 5.35. The Labute approximate surface area is 163 Å². The second-order valence-corrected chi connectivity index (χ2v) is 7.21. The number of thiazole rings is 1. The summed E-state index contributed by atoms with van der Waals surface area (Å²) in [4.78, 5) is 30.9. The molecule has 13 heteroatoms. The average Bonchev–Trinajstić information content (AvgIpc) is 3.29. The van der Waals surface area contributed by atoms with Crippen LogP contribution in [0.15, 0.2) is 28.7 Å². The van der Waals surface area contributed by atoms with E-state index < -0.39 is 34.3 Å². The maximum atomic E-state index is 14.4. The molecule has 0 radical (unpaired) electrons. The summed E-state index contributed by atoms with van der Waals surface area (Å²) in [6, 6.07) is 3.33. The van der Waals surface area contributed by atoms with Crippen molar-refractivity contribution in [2.45, 2.75) is 6.42 Å². The molecule has 10 nitrogen and oxygen atoms in total. The van der Waals surface area contributed by atoms with Gasteiger partial charge in [-0.05, 0) is 12.1 Å². The second kappa shape index (κ2) is 8.31. The van der Waals surface area contributed by atoms with Crippen LogP contribution in [0, 0.1) is 5.82 Å². The van der Waals surface area contributed by atoms with E-state index in [1.807, 2.05) is 0 Å². The fourth-order valence-corrected chi connectivity index (χ4v) is 4.08. The first-order valence-corrected chi connectivity index (χ1v) is 9.85. The number of hydrogen-bond donors (Lipinski definition) is 4. The van der Waals surface area contributed by atoms with Crippen molar-refractivity contribution in [2.75, 3.05) is 22.7 Å². The van der Waals surface area contributed by atoms with E-state index in [1.165, 1.54) is 17.6 Å². The number of hydrogen-bond acceptors (Lipinski definition) is 8. The van der Waals surface area contributed by atoms with Gasteiger partial charge < -0.3 is 15.7 Å². The highest BCUT2D eigenvalue weighted by Crippen LogP contribution is 2.34. The van der Waals surface area contributed by atoms with Crippen molar-refractivity contribution in [3.8, 4) is 0 Å². The lowest BCUT2D eigenvalue weighted by Gasteiger charge is -2.17. The van der Waals surface area contributed by atoms with Crippen molar-refractivity contribution in [3.63, 3.8) is 0 Å². The number of carboxylic acids is 1. The predicted molar refractivity (Wildman–Crippen MR) is 101 cm³/mol. The van der Waals surface area contributed by atoms with Crippen molar-refractivity contribution in [1.29, 1.82) is 0 Å². The number of halogens is 1.